The van der Waals surface area contributed by atoms with Crippen LogP contribution in [0.25, 0.3) is 10.9 Å². The highest BCUT2D eigenvalue weighted by atomic mass is 16.6. The van der Waals surface area contributed by atoms with Crippen LogP contribution in [0.5, 0.6) is 0 Å². The summed E-state index contributed by atoms with van der Waals surface area (Å²) in [4.78, 5) is 14.0. The maximum absolute atomic E-state index is 10.6. The number of hydrogen-bond donors (Lipinski definition) is 1. The second-order valence-corrected chi connectivity index (χ2v) is 2.83. The molecule has 5 heteroatoms. The molecule has 0 atom stereocenters. The lowest BCUT2D eigenvalue weighted by Crippen LogP contribution is -1.97. The molecule has 0 saturated heterocycles. The minimum Gasteiger partial charge on any atom is -0.393 e. The van der Waals surface area contributed by atoms with Crippen LogP contribution in [0, 0.1) is 10.1 Å². The second-order valence-electron chi connectivity index (χ2n) is 2.83. The minimum atomic E-state index is -0.533. The summed E-state index contributed by atoms with van der Waals surface area (Å²) < 4.78 is 0. The van der Waals surface area contributed by atoms with Crippen molar-refractivity contribution in [2.24, 2.45) is 0 Å². The minimum absolute atomic E-state index is 0.149. The number of nitrogen functional groups attached to an aromatic ring is 1. The van der Waals surface area contributed by atoms with Crippen molar-refractivity contribution in [2.45, 2.75) is 0 Å². The van der Waals surface area contributed by atoms with Crippen LogP contribution in [0.4, 0.5) is 11.4 Å². The molecule has 0 radical (unpaired) electrons. The van der Waals surface area contributed by atoms with Crippen LogP contribution in [-0.2, 0) is 0 Å². The van der Waals surface area contributed by atoms with Gasteiger partial charge in [-0.25, -0.2) is 4.98 Å². The van der Waals surface area contributed by atoms with Crippen LogP contribution in [0.3, 0.4) is 0 Å². The van der Waals surface area contributed by atoms with Crippen LogP contribution in [-0.4, -0.2) is 9.91 Å². The van der Waals surface area contributed by atoms with E-state index in [9.17, 15) is 10.1 Å². The quantitative estimate of drug-likeness (QED) is 0.547. The van der Waals surface area contributed by atoms with Crippen LogP contribution in [0.15, 0.2) is 30.5 Å². The van der Waals surface area contributed by atoms with Gasteiger partial charge in [-0.2, -0.15) is 0 Å². The Kier molecular flexibility index (Phi) is 1.78. The van der Waals surface area contributed by atoms with Crippen molar-refractivity contribution in [3.63, 3.8) is 0 Å². The van der Waals surface area contributed by atoms with Crippen molar-refractivity contribution in [1.29, 1.82) is 0 Å². The lowest BCUT2D eigenvalue weighted by molar-refractivity contribution is -0.384. The fourth-order valence-electron chi connectivity index (χ4n) is 1.30. The predicted molar refractivity (Wildman–Crippen MR) is 52.8 cm³/mol. The summed E-state index contributed by atoms with van der Waals surface area (Å²) >= 11 is 0. The molecule has 0 aliphatic carbocycles. The average Bonchev–Trinajstić information content (AvgIpc) is 2.18. The van der Waals surface area contributed by atoms with Gasteiger partial charge >= 0.3 is 5.69 Å². The third-order valence-electron chi connectivity index (χ3n) is 1.99. The molecule has 0 aliphatic heterocycles. The summed E-state index contributed by atoms with van der Waals surface area (Å²) in [5, 5.41) is 11.2. The molecule has 2 aromatic rings. The number of nitrogens with two attached hydrogens (primary N) is 1. The van der Waals surface area contributed by atoms with Gasteiger partial charge in [0, 0.05) is 5.39 Å². The molecule has 0 fully saturated rings. The molecule has 1 heterocycles. The topological polar surface area (TPSA) is 82.0 Å². The monoisotopic (exact) mass is 189 g/mol. The van der Waals surface area contributed by atoms with Crippen LogP contribution in [0.2, 0.25) is 0 Å². The van der Waals surface area contributed by atoms with Gasteiger partial charge in [0.05, 0.1) is 10.4 Å². The van der Waals surface area contributed by atoms with Crippen molar-refractivity contribution in [3.05, 3.63) is 40.6 Å². The zero-order valence-corrected chi connectivity index (χ0v) is 7.18. The highest BCUT2D eigenvalue weighted by molar-refractivity contribution is 5.94. The molecule has 70 valence electrons. The van der Waals surface area contributed by atoms with E-state index in [-0.39, 0.29) is 11.4 Å². The molecule has 5 nitrogen and oxygen atoms in total. The number of nitro groups is 1. The van der Waals surface area contributed by atoms with E-state index in [1.165, 1.54) is 6.20 Å². The van der Waals surface area contributed by atoms with E-state index in [1.54, 1.807) is 24.3 Å². The van der Waals surface area contributed by atoms with Crippen molar-refractivity contribution in [1.82, 2.24) is 4.98 Å². The molecule has 1 aromatic heterocycles. The number of anilines is 1. The van der Waals surface area contributed by atoms with Crippen LogP contribution >= 0.6 is 0 Å². The first-order chi connectivity index (χ1) is 6.70. The van der Waals surface area contributed by atoms with Gasteiger partial charge in [-0.3, -0.25) is 10.1 Å². The Morgan fingerprint density at radius 1 is 1.36 bits per heavy atom. The average molecular weight is 189 g/mol. The van der Waals surface area contributed by atoms with Crippen molar-refractivity contribution >= 4 is 22.3 Å². The van der Waals surface area contributed by atoms with Gasteiger partial charge in [0.25, 0.3) is 0 Å². The highest BCUT2D eigenvalue weighted by Crippen LogP contribution is 2.27. The Bertz CT molecular complexity index is 510. The fraction of sp³-hybridized carbons (Fsp3) is 0. The van der Waals surface area contributed by atoms with Gasteiger partial charge in [-0.1, -0.05) is 18.2 Å². The molecule has 0 saturated carbocycles. The second kappa shape index (κ2) is 2.95. The Balaban J connectivity index is 2.81. The third-order valence-corrected chi connectivity index (χ3v) is 1.99. The van der Waals surface area contributed by atoms with E-state index in [4.69, 9.17) is 5.73 Å². The molecule has 1 aromatic carbocycles. The van der Waals surface area contributed by atoms with Gasteiger partial charge in [-0.05, 0) is 6.07 Å². The lowest BCUT2D eigenvalue weighted by Gasteiger charge is -2.00. The largest absolute Gasteiger partial charge is 0.393 e. The molecule has 0 unspecified atom stereocenters. The smallest absolute Gasteiger partial charge is 0.310 e. The summed E-state index contributed by atoms with van der Waals surface area (Å²) in [5.41, 5.74) is 6.32. The Labute approximate surface area is 79.3 Å². The summed E-state index contributed by atoms with van der Waals surface area (Å²) in [5.74, 6) is 0. The number of fused-ring (bicyclic) bond motifs is 1. The highest BCUT2D eigenvalue weighted by Gasteiger charge is 2.14. The summed E-state index contributed by atoms with van der Waals surface area (Å²) in [6, 6.07) is 7.05. The summed E-state index contributed by atoms with van der Waals surface area (Å²) in [6.45, 7) is 0. The first-order valence-corrected chi connectivity index (χ1v) is 3.98. The summed E-state index contributed by atoms with van der Waals surface area (Å²) in [7, 11) is 0. The Morgan fingerprint density at radius 3 is 2.79 bits per heavy atom. The molecule has 2 N–H and O–H groups in total. The van der Waals surface area contributed by atoms with E-state index in [0.717, 1.165) is 0 Å². The maximum Gasteiger partial charge on any atom is 0.310 e. The molecular weight excluding hydrogens is 182 g/mol. The first-order valence-electron chi connectivity index (χ1n) is 3.98. The molecular formula is C9H7N3O2. The molecule has 0 bridgehead atoms. The molecule has 0 amide bonds. The normalized spacial score (nSPS) is 10.3. The molecule has 2 rings (SSSR count). The zero-order chi connectivity index (χ0) is 10.1. The van der Waals surface area contributed by atoms with Gasteiger partial charge in [0.2, 0.25) is 0 Å². The SMILES string of the molecule is Nc1c([N+](=O)[O-])cnc2ccccc12. The lowest BCUT2D eigenvalue weighted by atomic mass is 10.2. The van der Waals surface area contributed by atoms with Gasteiger partial charge in [0.1, 0.15) is 11.9 Å². The van der Waals surface area contributed by atoms with Crippen molar-refractivity contribution in [3.8, 4) is 0 Å². The van der Waals surface area contributed by atoms with Gasteiger partial charge in [-0.15, -0.1) is 0 Å². The number of nitrogens with zero attached hydrogens (tertiary/aromatic N) is 2. The molecule has 0 aliphatic rings. The first kappa shape index (κ1) is 8.43. The number of para-hydroxylation sites is 1. The van der Waals surface area contributed by atoms with Crippen molar-refractivity contribution in [2.75, 3.05) is 5.73 Å². The third kappa shape index (κ3) is 1.15. The Hall–Kier alpha value is -2.17. The van der Waals surface area contributed by atoms with E-state index >= 15 is 0 Å². The van der Waals surface area contributed by atoms with E-state index in [1.807, 2.05) is 0 Å². The van der Waals surface area contributed by atoms with E-state index in [0.29, 0.717) is 10.9 Å². The fourth-order valence-corrected chi connectivity index (χ4v) is 1.30. The van der Waals surface area contributed by atoms with Gasteiger partial charge in [0.15, 0.2) is 0 Å². The van der Waals surface area contributed by atoms with E-state index < -0.39 is 4.92 Å². The van der Waals surface area contributed by atoms with Crippen molar-refractivity contribution < 1.29 is 4.92 Å². The summed E-state index contributed by atoms with van der Waals surface area (Å²) in [6.07, 6.45) is 1.18. The standard InChI is InChI=1S/C9H7N3O2/c10-9-6-3-1-2-4-7(6)11-5-8(9)12(13)14/h1-5H,(H2,10,11). The van der Waals surface area contributed by atoms with Crippen LogP contribution in [0.1, 0.15) is 0 Å². The predicted octanol–water partition coefficient (Wildman–Crippen LogP) is 1.73. The number of rotatable bonds is 1. The zero-order valence-electron chi connectivity index (χ0n) is 7.18. The number of aromatic nitrogens is 1. The number of benzene rings is 1. The number of hydrogen-bond acceptors (Lipinski definition) is 4. The maximum atomic E-state index is 10.6. The number of pyridine rings is 1. The van der Waals surface area contributed by atoms with Crippen LogP contribution < -0.4 is 5.73 Å². The molecule has 14 heavy (non-hydrogen) atoms. The Morgan fingerprint density at radius 2 is 2.07 bits per heavy atom. The van der Waals surface area contributed by atoms with E-state index in [2.05, 4.69) is 4.98 Å². The van der Waals surface area contributed by atoms with Gasteiger partial charge < -0.3 is 5.73 Å². The molecule has 0 spiro atoms.